The summed E-state index contributed by atoms with van der Waals surface area (Å²) in [5.41, 5.74) is 5.59. The van der Waals surface area contributed by atoms with Gasteiger partial charge in [0.15, 0.2) is 0 Å². The number of methoxy groups -OCH3 is 1. The van der Waals surface area contributed by atoms with Crippen molar-refractivity contribution in [3.63, 3.8) is 0 Å². The minimum absolute atomic E-state index is 0.738. The zero-order valence-corrected chi connectivity index (χ0v) is 15.0. The molecule has 1 aromatic carbocycles. The number of fused-ring (bicyclic) bond motifs is 2. The highest BCUT2D eigenvalue weighted by Gasteiger charge is 2.27. The Bertz CT molecular complexity index is 700. The van der Waals surface area contributed by atoms with Crippen LogP contribution in [0, 0.1) is 0 Å². The molecule has 0 aliphatic carbocycles. The van der Waals surface area contributed by atoms with Gasteiger partial charge in [0.05, 0.1) is 18.8 Å². The molecule has 0 bridgehead atoms. The van der Waals surface area contributed by atoms with E-state index in [0.717, 1.165) is 58.0 Å². The molecule has 0 unspecified atom stereocenters. The van der Waals surface area contributed by atoms with Crippen LogP contribution in [0.2, 0.25) is 0 Å². The number of rotatable bonds is 4. The molecule has 1 aromatic heterocycles. The molecule has 1 N–H and O–H groups in total. The molecule has 0 amide bonds. The molecule has 2 aromatic rings. The van der Waals surface area contributed by atoms with Crippen molar-refractivity contribution in [1.82, 2.24) is 5.32 Å². The molecule has 24 heavy (non-hydrogen) atoms. The molecule has 0 radical (unpaired) electrons. The average molecular weight is 344 g/mol. The van der Waals surface area contributed by atoms with Crippen LogP contribution < -0.4 is 15.0 Å². The van der Waals surface area contributed by atoms with Crippen molar-refractivity contribution < 1.29 is 9.47 Å². The standard InChI is InChI=1S/C19H24N2O2S/c1-22-10-8-21-9-11-23-16-13-14-4-6-20-7-5-15(14)18(19(16)21)17-3-2-12-24-17/h2-3,12-13,20H,4-11H2,1H3. The number of benzene rings is 1. The van der Waals surface area contributed by atoms with Crippen LogP contribution in [0.5, 0.6) is 5.75 Å². The molecule has 128 valence electrons. The van der Waals surface area contributed by atoms with Crippen LogP contribution >= 0.6 is 11.3 Å². The molecule has 5 heteroatoms. The van der Waals surface area contributed by atoms with Crippen LogP contribution in [0.15, 0.2) is 23.6 Å². The van der Waals surface area contributed by atoms with Crippen molar-refractivity contribution in [3.8, 4) is 16.2 Å². The molecule has 3 heterocycles. The van der Waals surface area contributed by atoms with Crippen molar-refractivity contribution in [2.24, 2.45) is 0 Å². The average Bonchev–Trinajstić information content (AvgIpc) is 3.03. The van der Waals surface area contributed by atoms with E-state index in [1.807, 2.05) is 11.3 Å². The van der Waals surface area contributed by atoms with Crippen molar-refractivity contribution >= 4 is 17.0 Å². The van der Waals surface area contributed by atoms with Gasteiger partial charge in [-0.25, -0.2) is 0 Å². The lowest BCUT2D eigenvalue weighted by Crippen LogP contribution is -2.36. The molecule has 4 nitrogen and oxygen atoms in total. The number of anilines is 1. The third-order valence-electron chi connectivity index (χ3n) is 4.86. The van der Waals surface area contributed by atoms with Crippen LogP contribution in [0.4, 0.5) is 5.69 Å². The highest BCUT2D eigenvalue weighted by atomic mass is 32.1. The van der Waals surface area contributed by atoms with Crippen molar-refractivity contribution in [1.29, 1.82) is 0 Å². The summed E-state index contributed by atoms with van der Waals surface area (Å²) in [5.74, 6) is 1.04. The third-order valence-corrected chi connectivity index (χ3v) is 5.74. The summed E-state index contributed by atoms with van der Waals surface area (Å²) < 4.78 is 11.4. The molecule has 0 spiro atoms. The summed E-state index contributed by atoms with van der Waals surface area (Å²) in [6.07, 6.45) is 2.15. The van der Waals surface area contributed by atoms with Crippen LogP contribution in [-0.2, 0) is 17.6 Å². The van der Waals surface area contributed by atoms with Gasteiger partial charge >= 0.3 is 0 Å². The second-order valence-electron chi connectivity index (χ2n) is 6.29. The van der Waals surface area contributed by atoms with Gasteiger partial charge in [0.1, 0.15) is 12.4 Å². The maximum absolute atomic E-state index is 6.08. The number of ether oxygens (including phenoxy) is 2. The molecule has 2 aliphatic heterocycles. The molecule has 2 aliphatic rings. The second-order valence-corrected chi connectivity index (χ2v) is 7.24. The van der Waals surface area contributed by atoms with E-state index >= 15 is 0 Å². The predicted octanol–water partition coefficient (Wildman–Crippen LogP) is 2.95. The molecule has 0 saturated carbocycles. The number of thiophene rings is 1. The van der Waals surface area contributed by atoms with Gasteiger partial charge in [-0.3, -0.25) is 0 Å². The monoisotopic (exact) mass is 344 g/mol. The first-order chi connectivity index (χ1) is 11.9. The van der Waals surface area contributed by atoms with Gasteiger partial charge in [0, 0.05) is 24.1 Å². The largest absolute Gasteiger partial charge is 0.490 e. The highest BCUT2D eigenvalue weighted by molar-refractivity contribution is 7.13. The van der Waals surface area contributed by atoms with Gasteiger partial charge in [-0.1, -0.05) is 6.07 Å². The number of hydrogen-bond donors (Lipinski definition) is 1. The summed E-state index contributed by atoms with van der Waals surface area (Å²) in [7, 11) is 1.77. The Balaban J connectivity index is 1.89. The fourth-order valence-corrected chi connectivity index (χ4v) is 4.52. The van der Waals surface area contributed by atoms with Crippen molar-refractivity contribution in [3.05, 3.63) is 34.7 Å². The van der Waals surface area contributed by atoms with Gasteiger partial charge in [-0.2, -0.15) is 0 Å². The smallest absolute Gasteiger partial charge is 0.143 e. The fraction of sp³-hybridized carbons (Fsp3) is 0.474. The minimum atomic E-state index is 0.738. The van der Waals surface area contributed by atoms with Crippen LogP contribution in [-0.4, -0.2) is 46.5 Å². The zero-order valence-electron chi connectivity index (χ0n) is 14.1. The molecular weight excluding hydrogens is 320 g/mol. The lowest BCUT2D eigenvalue weighted by Gasteiger charge is -2.34. The van der Waals surface area contributed by atoms with Crippen LogP contribution in [0.25, 0.3) is 10.4 Å². The Hall–Kier alpha value is -1.56. The van der Waals surface area contributed by atoms with Crippen LogP contribution in [0.3, 0.4) is 0 Å². The zero-order chi connectivity index (χ0) is 16.4. The van der Waals surface area contributed by atoms with Crippen molar-refractivity contribution in [2.75, 3.05) is 51.4 Å². The second kappa shape index (κ2) is 7.13. The quantitative estimate of drug-likeness (QED) is 0.925. The number of nitrogens with one attached hydrogen (secondary N) is 1. The van der Waals surface area contributed by atoms with Crippen LogP contribution in [0.1, 0.15) is 11.1 Å². The summed E-state index contributed by atoms with van der Waals surface area (Å²) in [4.78, 5) is 3.79. The fourth-order valence-electron chi connectivity index (χ4n) is 3.72. The van der Waals surface area contributed by atoms with Gasteiger partial charge in [-0.15, -0.1) is 11.3 Å². The topological polar surface area (TPSA) is 33.7 Å². The Morgan fingerprint density at radius 3 is 3.08 bits per heavy atom. The summed E-state index contributed by atoms with van der Waals surface area (Å²) in [6, 6.07) is 6.67. The van der Waals surface area contributed by atoms with E-state index in [1.165, 1.54) is 27.3 Å². The highest BCUT2D eigenvalue weighted by Crippen LogP contribution is 2.46. The molecule has 0 saturated heterocycles. The Morgan fingerprint density at radius 1 is 1.33 bits per heavy atom. The first kappa shape index (κ1) is 15.9. The number of hydrogen-bond acceptors (Lipinski definition) is 5. The molecule has 0 fully saturated rings. The third kappa shape index (κ3) is 2.92. The Kier molecular flexibility index (Phi) is 4.74. The van der Waals surface area contributed by atoms with E-state index in [0.29, 0.717) is 0 Å². The van der Waals surface area contributed by atoms with Crippen molar-refractivity contribution in [2.45, 2.75) is 12.8 Å². The summed E-state index contributed by atoms with van der Waals surface area (Å²) >= 11 is 1.82. The Morgan fingerprint density at radius 2 is 2.25 bits per heavy atom. The lowest BCUT2D eigenvalue weighted by atomic mass is 9.92. The van der Waals surface area contributed by atoms with E-state index in [4.69, 9.17) is 9.47 Å². The van der Waals surface area contributed by atoms with E-state index in [2.05, 4.69) is 33.8 Å². The summed E-state index contributed by atoms with van der Waals surface area (Å²) in [5, 5.41) is 5.70. The van der Waals surface area contributed by atoms with E-state index in [-0.39, 0.29) is 0 Å². The van der Waals surface area contributed by atoms with Gasteiger partial charge in [0.2, 0.25) is 0 Å². The predicted molar refractivity (Wildman–Crippen MR) is 99.6 cm³/mol. The molecule has 4 rings (SSSR count). The van der Waals surface area contributed by atoms with E-state index in [1.54, 1.807) is 7.11 Å². The molecular formula is C19H24N2O2S. The van der Waals surface area contributed by atoms with E-state index in [9.17, 15) is 0 Å². The number of nitrogens with zero attached hydrogens (tertiary/aromatic N) is 1. The van der Waals surface area contributed by atoms with Gasteiger partial charge in [-0.05, 0) is 54.6 Å². The first-order valence-corrected chi connectivity index (χ1v) is 9.56. The first-order valence-electron chi connectivity index (χ1n) is 8.68. The van der Waals surface area contributed by atoms with Gasteiger partial charge < -0.3 is 19.7 Å². The maximum atomic E-state index is 6.08. The summed E-state index contributed by atoms with van der Waals surface area (Å²) in [6.45, 7) is 5.40. The Labute approximate surface area is 147 Å². The minimum Gasteiger partial charge on any atom is -0.490 e. The van der Waals surface area contributed by atoms with E-state index < -0.39 is 0 Å². The van der Waals surface area contributed by atoms with Gasteiger partial charge in [0.25, 0.3) is 0 Å². The lowest BCUT2D eigenvalue weighted by molar-refractivity contribution is 0.201. The SMILES string of the molecule is COCCN1CCOc2cc3c(c(-c4cccs4)c21)CCNCC3. The maximum Gasteiger partial charge on any atom is 0.143 e. The normalized spacial score (nSPS) is 17.0. The molecule has 0 atom stereocenters.